The van der Waals surface area contributed by atoms with Crippen LogP contribution in [0.1, 0.15) is 17.5 Å². The van der Waals surface area contributed by atoms with Crippen LogP contribution in [0.25, 0.3) is 27.7 Å². The third-order valence-electron chi connectivity index (χ3n) is 4.67. The molecule has 0 N–H and O–H groups in total. The molecule has 0 radical (unpaired) electrons. The molecular formula is C22H17O4-. The summed E-state index contributed by atoms with van der Waals surface area (Å²) in [6, 6.07) is 10.4. The minimum atomic E-state index is -0.391. The Balaban J connectivity index is 2.04. The van der Waals surface area contributed by atoms with E-state index in [1.807, 2.05) is 19.1 Å². The predicted molar refractivity (Wildman–Crippen MR) is 100 cm³/mol. The van der Waals surface area contributed by atoms with Gasteiger partial charge in [0.15, 0.2) is 0 Å². The molecule has 0 bridgehead atoms. The minimum Gasteiger partial charge on any atom is -0.870 e. The van der Waals surface area contributed by atoms with Gasteiger partial charge in [-0.3, -0.25) is 0 Å². The molecule has 0 spiro atoms. The highest BCUT2D eigenvalue weighted by Gasteiger charge is 2.15. The maximum atomic E-state index is 11.9. The van der Waals surface area contributed by atoms with Crippen LogP contribution in [0.4, 0.5) is 0 Å². The summed E-state index contributed by atoms with van der Waals surface area (Å²) in [6.45, 7) is 1.90. The van der Waals surface area contributed by atoms with Crippen molar-refractivity contribution in [3.63, 3.8) is 0 Å². The first-order valence-electron chi connectivity index (χ1n) is 8.37. The van der Waals surface area contributed by atoms with Gasteiger partial charge < -0.3 is 14.3 Å². The fourth-order valence-corrected chi connectivity index (χ4v) is 3.31. The molecule has 26 heavy (non-hydrogen) atoms. The molecule has 4 nitrogen and oxygen atoms in total. The van der Waals surface area contributed by atoms with Gasteiger partial charge in [0.25, 0.3) is 0 Å². The number of fused-ring (bicyclic) bond motifs is 1. The second kappa shape index (κ2) is 6.23. The molecule has 4 rings (SSSR count). The fourth-order valence-electron chi connectivity index (χ4n) is 3.31. The standard InChI is InChI=1S/C22H18O4/c1-13-9-21(24)26-22-17(13)10-16(14-5-3-4-6-14)11-18(22)15-7-8-19(23)20(12-15)25-2/h3-5,7-12,23H,6H2,1-2H3/p-1. The van der Waals surface area contributed by atoms with E-state index in [-0.39, 0.29) is 11.5 Å². The van der Waals surface area contributed by atoms with Crippen molar-refractivity contribution < 1.29 is 14.3 Å². The second-order valence-corrected chi connectivity index (χ2v) is 6.34. The highest BCUT2D eigenvalue weighted by Crippen LogP contribution is 2.37. The van der Waals surface area contributed by atoms with Crippen LogP contribution in [0.3, 0.4) is 0 Å². The normalized spacial score (nSPS) is 13.2. The Labute approximate surface area is 150 Å². The van der Waals surface area contributed by atoms with Gasteiger partial charge in [0, 0.05) is 17.0 Å². The number of benzene rings is 2. The number of allylic oxidation sites excluding steroid dienone is 4. The number of hydrogen-bond acceptors (Lipinski definition) is 4. The largest absolute Gasteiger partial charge is 0.870 e. The molecule has 4 heteroatoms. The predicted octanol–water partition coefficient (Wildman–Crippen LogP) is 4.19. The first-order valence-corrected chi connectivity index (χ1v) is 8.37. The zero-order valence-electron chi connectivity index (χ0n) is 14.5. The molecule has 0 amide bonds. The Kier molecular flexibility index (Phi) is 3.88. The van der Waals surface area contributed by atoms with Crippen molar-refractivity contribution in [1.29, 1.82) is 0 Å². The Hall–Kier alpha value is -3.27. The van der Waals surface area contributed by atoms with Crippen molar-refractivity contribution in [2.24, 2.45) is 0 Å². The maximum absolute atomic E-state index is 11.9. The molecule has 0 fully saturated rings. The summed E-state index contributed by atoms with van der Waals surface area (Å²) in [6.07, 6.45) is 7.09. The smallest absolute Gasteiger partial charge is 0.336 e. The fraction of sp³-hybridized carbons (Fsp3) is 0.136. The first-order chi connectivity index (χ1) is 12.6. The Bertz CT molecular complexity index is 1130. The second-order valence-electron chi connectivity index (χ2n) is 6.34. The van der Waals surface area contributed by atoms with E-state index in [0.717, 1.165) is 34.1 Å². The summed E-state index contributed by atoms with van der Waals surface area (Å²) in [7, 11) is 1.47. The SMILES string of the molecule is COc1cc(-c2cc(C3=CC=CC3)cc3c(C)cc(=O)oc23)ccc1[O-]. The average molecular weight is 345 g/mol. The van der Waals surface area contributed by atoms with Crippen LogP contribution in [-0.4, -0.2) is 7.11 Å². The van der Waals surface area contributed by atoms with E-state index in [1.54, 1.807) is 12.1 Å². The molecule has 1 aliphatic rings. The molecule has 0 atom stereocenters. The van der Waals surface area contributed by atoms with E-state index in [1.165, 1.54) is 24.8 Å². The molecule has 2 aromatic carbocycles. The summed E-state index contributed by atoms with van der Waals surface area (Å²) >= 11 is 0. The van der Waals surface area contributed by atoms with E-state index >= 15 is 0 Å². The average Bonchev–Trinajstić information content (AvgIpc) is 3.16. The summed E-state index contributed by atoms with van der Waals surface area (Å²) in [5.41, 5.74) is 4.80. The third kappa shape index (κ3) is 2.69. The van der Waals surface area contributed by atoms with Gasteiger partial charge in [0.1, 0.15) is 11.3 Å². The molecule has 0 saturated heterocycles. The highest BCUT2D eigenvalue weighted by molar-refractivity contribution is 5.97. The van der Waals surface area contributed by atoms with E-state index < -0.39 is 5.63 Å². The molecule has 3 aromatic rings. The summed E-state index contributed by atoms with van der Waals surface area (Å²) in [5, 5.41) is 12.8. The maximum Gasteiger partial charge on any atom is 0.336 e. The van der Waals surface area contributed by atoms with E-state index in [4.69, 9.17) is 9.15 Å². The van der Waals surface area contributed by atoms with Crippen molar-refractivity contribution in [2.45, 2.75) is 13.3 Å². The first kappa shape index (κ1) is 16.2. The lowest BCUT2D eigenvalue weighted by Crippen LogP contribution is -2.00. The third-order valence-corrected chi connectivity index (χ3v) is 4.67. The van der Waals surface area contributed by atoms with Crippen molar-refractivity contribution in [2.75, 3.05) is 7.11 Å². The lowest BCUT2D eigenvalue weighted by atomic mass is 9.94. The zero-order chi connectivity index (χ0) is 18.3. The summed E-state index contributed by atoms with van der Waals surface area (Å²) < 4.78 is 10.7. The quantitative estimate of drug-likeness (QED) is 0.668. The van der Waals surface area contributed by atoms with E-state index in [0.29, 0.717) is 5.58 Å². The molecular weight excluding hydrogens is 328 g/mol. The van der Waals surface area contributed by atoms with Crippen LogP contribution in [0.2, 0.25) is 0 Å². The van der Waals surface area contributed by atoms with Crippen LogP contribution in [0.15, 0.2) is 63.8 Å². The molecule has 0 aliphatic heterocycles. The minimum absolute atomic E-state index is 0.183. The van der Waals surface area contributed by atoms with E-state index in [2.05, 4.69) is 18.2 Å². The van der Waals surface area contributed by atoms with Crippen LogP contribution >= 0.6 is 0 Å². The van der Waals surface area contributed by atoms with Crippen LogP contribution in [0.5, 0.6) is 11.5 Å². The Morgan fingerprint density at radius 2 is 1.96 bits per heavy atom. The lowest BCUT2D eigenvalue weighted by Gasteiger charge is -2.16. The Morgan fingerprint density at radius 1 is 1.12 bits per heavy atom. The van der Waals surface area contributed by atoms with Gasteiger partial charge in [0.2, 0.25) is 0 Å². The van der Waals surface area contributed by atoms with Crippen LogP contribution < -0.4 is 15.5 Å². The van der Waals surface area contributed by atoms with Crippen LogP contribution in [0, 0.1) is 6.92 Å². The molecule has 0 saturated carbocycles. The van der Waals surface area contributed by atoms with Gasteiger partial charge in [-0.25, -0.2) is 4.79 Å². The molecule has 130 valence electrons. The van der Waals surface area contributed by atoms with E-state index in [9.17, 15) is 9.90 Å². The Morgan fingerprint density at radius 3 is 2.69 bits per heavy atom. The van der Waals surface area contributed by atoms with Crippen molar-refractivity contribution >= 4 is 16.5 Å². The number of ether oxygens (including phenoxy) is 1. The zero-order valence-corrected chi connectivity index (χ0v) is 14.5. The summed E-state index contributed by atoms with van der Waals surface area (Å²) in [5.74, 6) is 0.0786. The van der Waals surface area contributed by atoms with Crippen molar-refractivity contribution in [3.05, 3.63) is 76.2 Å². The highest BCUT2D eigenvalue weighted by atomic mass is 16.5. The monoisotopic (exact) mass is 345 g/mol. The van der Waals surface area contributed by atoms with Gasteiger partial charge in [-0.05, 0) is 53.8 Å². The molecule has 0 unspecified atom stereocenters. The number of rotatable bonds is 3. The van der Waals surface area contributed by atoms with Gasteiger partial charge in [-0.2, -0.15) is 0 Å². The van der Waals surface area contributed by atoms with Gasteiger partial charge in [0.05, 0.1) is 7.11 Å². The van der Waals surface area contributed by atoms with Crippen molar-refractivity contribution in [3.8, 4) is 22.6 Å². The van der Waals surface area contributed by atoms with Gasteiger partial charge >= 0.3 is 5.63 Å². The molecule has 1 aromatic heterocycles. The topological polar surface area (TPSA) is 62.5 Å². The van der Waals surface area contributed by atoms with Crippen LogP contribution in [-0.2, 0) is 0 Å². The molecule has 1 heterocycles. The van der Waals surface area contributed by atoms with Gasteiger partial charge in [-0.1, -0.05) is 36.1 Å². The summed E-state index contributed by atoms with van der Waals surface area (Å²) in [4.78, 5) is 11.9. The van der Waals surface area contributed by atoms with Crippen molar-refractivity contribution in [1.82, 2.24) is 0 Å². The van der Waals surface area contributed by atoms with Gasteiger partial charge in [-0.15, -0.1) is 0 Å². The number of methoxy groups -OCH3 is 1. The number of hydrogen-bond donors (Lipinski definition) is 0. The lowest BCUT2D eigenvalue weighted by molar-refractivity contribution is -0.270. The molecule has 1 aliphatic carbocycles. The number of aryl methyl sites for hydroxylation is 1.